The summed E-state index contributed by atoms with van der Waals surface area (Å²) in [7, 11) is 0. The van der Waals surface area contributed by atoms with Gasteiger partial charge in [0.2, 0.25) is 5.13 Å². The van der Waals surface area contributed by atoms with Crippen LogP contribution in [0.2, 0.25) is 0 Å². The van der Waals surface area contributed by atoms with Crippen molar-refractivity contribution in [2.24, 2.45) is 5.10 Å². The van der Waals surface area contributed by atoms with E-state index in [1.807, 2.05) is 13.0 Å². The third-order valence-corrected chi connectivity index (χ3v) is 3.75. The van der Waals surface area contributed by atoms with Crippen LogP contribution in [0, 0.1) is 18.3 Å². The van der Waals surface area contributed by atoms with Crippen LogP contribution in [0.15, 0.2) is 28.7 Å². The molecule has 118 valence electrons. The average Bonchev–Trinajstić information content (AvgIpc) is 2.96. The first-order chi connectivity index (χ1) is 11.1. The Morgan fingerprint density at radius 3 is 3.13 bits per heavy atom. The van der Waals surface area contributed by atoms with Crippen LogP contribution >= 0.6 is 11.3 Å². The number of nitriles is 1. The van der Waals surface area contributed by atoms with E-state index in [1.54, 1.807) is 30.7 Å². The van der Waals surface area contributed by atoms with E-state index in [4.69, 9.17) is 10.00 Å². The predicted octanol–water partition coefficient (Wildman–Crippen LogP) is 2.87. The Morgan fingerprint density at radius 2 is 2.39 bits per heavy atom. The summed E-state index contributed by atoms with van der Waals surface area (Å²) in [5.41, 5.74) is 5.94. The number of aryl methyl sites for hydroxylation is 1. The molecule has 0 saturated carbocycles. The minimum Gasteiger partial charge on any atom is -0.466 e. The van der Waals surface area contributed by atoms with Gasteiger partial charge in [-0.05, 0) is 37.1 Å². The molecule has 6 nitrogen and oxygen atoms in total. The number of ether oxygens (including phenoxy) is 1. The van der Waals surface area contributed by atoms with E-state index in [0.717, 1.165) is 11.1 Å². The molecular formula is C16H16N4O2S. The zero-order valence-electron chi connectivity index (χ0n) is 12.9. The van der Waals surface area contributed by atoms with Crippen LogP contribution in [0.4, 0.5) is 5.13 Å². The number of hydrazone groups is 1. The molecule has 7 heteroatoms. The molecule has 0 aliphatic heterocycles. The van der Waals surface area contributed by atoms with E-state index in [0.29, 0.717) is 23.0 Å². The van der Waals surface area contributed by atoms with Gasteiger partial charge in [0.05, 0.1) is 36.6 Å². The van der Waals surface area contributed by atoms with Gasteiger partial charge in [-0.15, -0.1) is 11.3 Å². The second-order valence-corrected chi connectivity index (χ2v) is 5.54. The zero-order chi connectivity index (χ0) is 16.7. The van der Waals surface area contributed by atoms with E-state index in [9.17, 15) is 4.79 Å². The minimum absolute atomic E-state index is 0.152. The first kappa shape index (κ1) is 16.6. The second-order valence-electron chi connectivity index (χ2n) is 4.68. The summed E-state index contributed by atoms with van der Waals surface area (Å²) in [6, 6.07) is 7.51. The first-order valence-electron chi connectivity index (χ1n) is 7.02. The van der Waals surface area contributed by atoms with E-state index < -0.39 is 0 Å². The van der Waals surface area contributed by atoms with Crippen molar-refractivity contribution in [1.82, 2.24) is 4.98 Å². The Bertz CT molecular complexity index is 762. The molecule has 0 fully saturated rings. The fourth-order valence-electron chi connectivity index (χ4n) is 1.81. The Labute approximate surface area is 138 Å². The Balaban J connectivity index is 1.97. The molecule has 0 spiro atoms. The van der Waals surface area contributed by atoms with Crippen LogP contribution < -0.4 is 5.43 Å². The van der Waals surface area contributed by atoms with Gasteiger partial charge in [0, 0.05) is 5.38 Å². The second kappa shape index (κ2) is 8.06. The number of thiazole rings is 1. The summed E-state index contributed by atoms with van der Waals surface area (Å²) in [5.74, 6) is -0.295. The lowest BCUT2D eigenvalue weighted by Crippen LogP contribution is -2.07. The van der Waals surface area contributed by atoms with Crippen molar-refractivity contribution in [2.75, 3.05) is 12.0 Å². The highest BCUT2D eigenvalue weighted by atomic mass is 32.1. The predicted molar refractivity (Wildman–Crippen MR) is 89.6 cm³/mol. The van der Waals surface area contributed by atoms with E-state index in [2.05, 4.69) is 21.6 Å². The first-order valence-corrected chi connectivity index (χ1v) is 7.90. The molecule has 2 rings (SSSR count). The summed E-state index contributed by atoms with van der Waals surface area (Å²) >= 11 is 1.36. The van der Waals surface area contributed by atoms with Crippen molar-refractivity contribution in [1.29, 1.82) is 5.26 Å². The minimum atomic E-state index is -0.295. The molecule has 0 bridgehead atoms. The van der Waals surface area contributed by atoms with Crippen LogP contribution in [0.25, 0.3) is 0 Å². The lowest BCUT2D eigenvalue weighted by atomic mass is 10.1. The van der Waals surface area contributed by atoms with Gasteiger partial charge in [-0.3, -0.25) is 10.2 Å². The zero-order valence-corrected chi connectivity index (χ0v) is 13.7. The maximum absolute atomic E-state index is 11.4. The summed E-state index contributed by atoms with van der Waals surface area (Å²) in [4.78, 5) is 15.6. The molecule has 1 aromatic heterocycles. The van der Waals surface area contributed by atoms with Gasteiger partial charge in [0.15, 0.2) is 0 Å². The number of nitrogens with zero attached hydrogens (tertiary/aromatic N) is 3. The molecule has 0 radical (unpaired) electrons. The molecule has 1 N–H and O–H groups in total. The number of anilines is 1. The molecule has 0 unspecified atom stereocenters. The van der Waals surface area contributed by atoms with Gasteiger partial charge in [-0.2, -0.15) is 10.4 Å². The van der Waals surface area contributed by atoms with Crippen molar-refractivity contribution in [2.45, 2.75) is 20.3 Å². The summed E-state index contributed by atoms with van der Waals surface area (Å²) in [6.45, 7) is 4.08. The number of nitrogens with one attached hydrogen (secondary N) is 1. The van der Waals surface area contributed by atoms with Crippen molar-refractivity contribution >= 4 is 28.7 Å². The highest BCUT2D eigenvalue weighted by Crippen LogP contribution is 2.16. The summed E-state index contributed by atoms with van der Waals surface area (Å²) < 4.78 is 4.88. The maximum Gasteiger partial charge on any atom is 0.311 e. The molecule has 0 aliphatic rings. The Kier molecular flexibility index (Phi) is 5.83. The highest BCUT2D eigenvalue weighted by molar-refractivity contribution is 7.13. The van der Waals surface area contributed by atoms with Gasteiger partial charge in [0.1, 0.15) is 0 Å². The van der Waals surface area contributed by atoms with Crippen LogP contribution in [0.5, 0.6) is 0 Å². The normalized spacial score (nSPS) is 10.5. The fraction of sp³-hybridized carbons (Fsp3) is 0.250. The van der Waals surface area contributed by atoms with E-state index in [-0.39, 0.29) is 12.4 Å². The van der Waals surface area contributed by atoms with Gasteiger partial charge in [-0.25, -0.2) is 4.98 Å². The van der Waals surface area contributed by atoms with Crippen molar-refractivity contribution in [3.63, 3.8) is 0 Å². The molecule has 0 aliphatic carbocycles. The lowest BCUT2D eigenvalue weighted by molar-refractivity contribution is -0.142. The highest BCUT2D eigenvalue weighted by Gasteiger charge is 2.07. The summed E-state index contributed by atoms with van der Waals surface area (Å²) in [5, 5.41) is 15.4. The van der Waals surface area contributed by atoms with Gasteiger partial charge < -0.3 is 4.74 Å². The number of aromatic nitrogens is 1. The number of benzene rings is 1. The fourth-order valence-corrected chi connectivity index (χ4v) is 2.46. The number of carbonyl (C=O) groups excluding carboxylic acids is 1. The van der Waals surface area contributed by atoms with Crippen LogP contribution in [0.3, 0.4) is 0 Å². The number of hydrogen-bond donors (Lipinski definition) is 1. The Hall–Kier alpha value is -2.72. The maximum atomic E-state index is 11.4. The number of esters is 1. The number of carbonyl (C=O) groups is 1. The number of hydrogen-bond acceptors (Lipinski definition) is 7. The number of rotatable bonds is 6. The van der Waals surface area contributed by atoms with Crippen LogP contribution in [0.1, 0.15) is 29.3 Å². The molecule has 23 heavy (non-hydrogen) atoms. The van der Waals surface area contributed by atoms with Crippen LogP contribution in [-0.2, 0) is 16.0 Å². The molecule has 1 aromatic carbocycles. The van der Waals surface area contributed by atoms with E-state index >= 15 is 0 Å². The molecule has 1 heterocycles. The average molecular weight is 328 g/mol. The van der Waals surface area contributed by atoms with Crippen molar-refractivity contribution < 1.29 is 9.53 Å². The topological polar surface area (TPSA) is 87.4 Å². The van der Waals surface area contributed by atoms with Gasteiger partial charge in [0.25, 0.3) is 0 Å². The Morgan fingerprint density at radius 1 is 1.57 bits per heavy atom. The lowest BCUT2D eigenvalue weighted by Gasteiger charge is -2.00. The third kappa shape index (κ3) is 4.90. The standard InChI is InChI=1S/C16H16N4O2S/c1-3-22-15(21)7-14-10-23-16(19-14)20-18-9-13-6-12(8-17)5-4-11(13)2/h4-6,9-10H,3,7H2,1-2H3,(H,19,20). The smallest absolute Gasteiger partial charge is 0.311 e. The van der Waals surface area contributed by atoms with Gasteiger partial charge >= 0.3 is 5.97 Å². The SMILES string of the molecule is CCOC(=O)Cc1csc(NN=Cc2cc(C#N)ccc2C)n1. The van der Waals surface area contributed by atoms with Crippen LogP contribution in [-0.4, -0.2) is 23.8 Å². The monoisotopic (exact) mass is 328 g/mol. The molecule has 0 amide bonds. The van der Waals surface area contributed by atoms with E-state index in [1.165, 1.54) is 11.3 Å². The van der Waals surface area contributed by atoms with Crippen molar-refractivity contribution in [3.8, 4) is 6.07 Å². The molecular weight excluding hydrogens is 312 g/mol. The third-order valence-electron chi connectivity index (χ3n) is 2.95. The summed E-state index contributed by atoms with van der Waals surface area (Å²) in [6.07, 6.45) is 1.79. The molecule has 0 atom stereocenters. The van der Waals surface area contributed by atoms with Crippen molar-refractivity contribution in [3.05, 3.63) is 46.0 Å². The largest absolute Gasteiger partial charge is 0.466 e. The molecule has 0 saturated heterocycles. The van der Waals surface area contributed by atoms with Gasteiger partial charge in [-0.1, -0.05) is 6.07 Å². The quantitative estimate of drug-likeness (QED) is 0.500. The molecule has 2 aromatic rings.